The maximum atomic E-state index is 11.7. The number of phenols is 2. The number of aromatic hydroxyl groups is 2. The lowest BCUT2D eigenvalue weighted by Crippen LogP contribution is -2.12. The lowest BCUT2D eigenvalue weighted by molar-refractivity contribution is -0.384. The number of methoxy groups -OCH3 is 2. The second-order valence-electron chi connectivity index (χ2n) is 8.31. The highest BCUT2D eigenvalue weighted by molar-refractivity contribution is 5.92. The van der Waals surface area contributed by atoms with Gasteiger partial charge in [0, 0.05) is 23.9 Å². The molecule has 0 radical (unpaired) electrons. The van der Waals surface area contributed by atoms with Crippen LogP contribution in [0.5, 0.6) is 23.0 Å². The van der Waals surface area contributed by atoms with Crippen LogP contribution in [0, 0.1) is 10.1 Å². The molecule has 1 heterocycles. The van der Waals surface area contributed by atoms with Crippen LogP contribution < -0.4 is 14.5 Å². The zero-order valence-corrected chi connectivity index (χ0v) is 20.0. The first-order valence-corrected chi connectivity index (χ1v) is 11.4. The van der Waals surface area contributed by atoms with Gasteiger partial charge in [-0.2, -0.15) is 5.10 Å². The summed E-state index contributed by atoms with van der Waals surface area (Å²) in [7, 11) is 3.00. The van der Waals surface area contributed by atoms with Gasteiger partial charge in [-0.05, 0) is 60.7 Å². The van der Waals surface area contributed by atoms with Crippen molar-refractivity contribution in [3.63, 3.8) is 0 Å². The predicted molar refractivity (Wildman–Crippen MR) is 137 cm³/mol. The quantitative estimate of drug-likeness (QED) is 0.307. The Balaban J connectivity index is 1.61. The maximum Gasteiger partial charge on any atom is 0.294 e. The minimum Gasteiger partial charge on any atom is -0.504 e. The Morgan fingerprint density at radius 3 is 2.28 bits per heavy atom. The topological polar surface area (TPSA) is 118 Å². The number of aryl methyl sites for hydroxylation is 1. The van der Waals surface area contributed by atoms with Crippen molar-refractivity contribution in [2.45, 2.75) is 25.7 Å². The van der Waals surface area contributed by atoms with Gasteiger partial charge in [0.1, 0.15) is 5.69 Å². The summed E-state index contributed by atoms with van der Waals surface area (Å²) in [6.45, 7) is 0. The van der Waals surface area contributed by atoms with E-state index in [2.05, 4.69) is 0 Å². The zero-order valence-electron chi connectivity index (χ0n) is 20.0. The lowest BCUT2D eigenvalue weighted by atomic mass is 10.0. The molecule has 9 nitrogen and oxygen atoms in total. The maximum absolute atomic E-state index is 11.7. The molecule has 3 aromatic rings. The number of hydrazone groups is 1. The molecule has 0 saturated heterocycles. The van der Waals surface area contributed by atoms with Crippen molar-refractivity contribution in [1.82, 2.24) is 0 Å². The molecule has 0 atom stereocenters. The van der Waals surface area contributed by atoms with E-state index in [-0.39, 0.29) is 17.2 Å². The lowest BCUT2D eigenvalue weighted by Gasteiger charge is -2.16. The molecule has 1 aliphatic rings. The number of phenolic OH excluding ortho intramolecular Hbond substituents is 2. The summed E-state index contributed by atoms with van der Waals surface area (Å²) in [6.07, 6.45) is 4.36. The summed E-state index contributed by atoms with van der Waals surface area (Å²) in [5.41, 5.74) is 3.99. The van der Waals surface area contributed by atoms with Crippen molar-refractivity contribution in [3.05, 3.63) is 93.7 Å². The summed E-state index contributed by atoms with van der Waals surface area (Å²) in [4.78, 5) is 11.3. The monoisotopic (exact) mass is 489 g/mol. The van der Waals surface area contributed by atoms with Gasteiger partial charge in [0.2, 0.25) is 0 Å². The molecule has 0 amide bonds. The van der Waals surface area contributed by atoms with Gasteiger partial charge in [0.05, 0.1) is 19.1 Å². The molecule has 4 rings (SSSR count). The van der Waals surface area contributed by atoms with Gasteiger partial charge in [-0.3, -0.25) is 10.1 Å². The fourth-order valence-corrected chi connectivity index (χ4v) is 4.08. The van der Waals surface area contributed by atoms with Gasteiger partial charge < -0.3 is 19.7 Å². The van der Waals surface area contributed by atoms with E-state index in [4.69, 9.17) is 14.6 Å². The SMILES string of the molecule is COc1cc(CC=C2CC(CCc3ccc(O)c(OC)c3)=NN2c2ccccc2[N+](=O)[O-])ccc1O. The number of ether oxygens (including phenoxy) is 2. The first-order valence-electron chi connectivity index (χ1n) is 11.4. The van der Waals surface area contributed by atoms with Crippen LogP contribution in [0.2, 0.25) is 0 Å². The molecule has 3 aromatic carbocycles. The normalized spacial score (nSPS) is 14.1. The van der Waals surface area contributed by atoms with E-state index >= 15 is 0 Å². The van der Waals surface area contributed by atoms with E-state index in [0.29, 0.717) is 42.9 Å². The fourth-order valence-electron chi connectivity index (χ4n) is 4.08. The van der Waals surface area contributed by atoms with E-state index in [9.17, 15) is 20.3 Å². The van der Waals surface area contributed by atoms with E-state index in [0.717, 1.165) is 22.5 Å². The van der Waals surface area contributed by atoms with E-state index in [1.54, 1.807) is 53.5 Å². The first kappa shape index (κ1) is 24.6. The number of allylic oxidation sites excluding steroid dienone is 2. The molecule has 186 valence electrons. The van der Waals surface area contributed by atoms with Crippen LogP contribution in [0.4, 0.5) is 11.4 Å². The smallest absolute Gasteiger partial charge is 0.294 e. The van der Waals surface area contributed by atoms with Gasteiger partial charge in [-0.15, -0.1) is 0 Å². The highest BCUT2D eigenvalue weighted by Crippen LogP contribution is 2.36. The number of benzene rings is 3. The number of nitrogens with zero attached hydrogens (tertiary/aromatic N) is 3. The van der Waals surface area contributed by atoms with Crippen LogP contribution in [0.3, 0.4) is 0 Å². The molecule has 9 heteroatoms. The molecular formula is C27H27N3O6. The molecule has 0 spiro atoms. The number of rotatable bonds is 9. The van der Waals surface area contributed by atoms with Crippen LogP contribution in [0.25, 0.3) is 0 Å². The number of hydrogen-bond donors (Lipinski definition) is 2. The van der Waals surface area contributed by atoms with Crippen LogP contribution in [0.15, 0.2) is 77.5 Å². The van der Waals surface area contributed by atoms with Crippen molar-refractivity contribution in [1.29, 1.82) is 0 Å². The second-order valence-corrected chi connectivity index (χ2v) is 8.31. The van der Waals surface area contributed by atoms with E-state index in [1.165, 1.54) is 20.3 Å². The third-order valence-electron chi connectivity index (χ3n) is 5.97. The van der Waals surface area contributed by atoms with E-state index < -0.39 is 4.92 Å². The molecule has 0 bridgehead atoms. The highest BCUT2D eigenvalue weighted by Gasteiger charge is 2.27. The molecule has 0 aliphatic carbocycles. The third-order valence-corrected chi connectivity index (χ3v) is 5.97. The van der Waals surface area contributed by atoms with Crippen LogP contribution in [0.1, 0.15) is 24.0 Å². The summed E-state index contributed by atoms with van der Waals surface area (Å²) >= 11 is 0. The second kappa shape index (κ2) is 10.8. The molecule has 0 aromatic heterocycles. The first-order chi connectivity index (χ1) is 17.4. The van der Waals surface area contributed by atoms with Gasteiger partial charge >= 0.3 is 0 Å². The molecule has 1 aliphatic heterocycles. The standard InChI is InChI=1S/C27H27N3O6/c1-35-26-15-18(9-13-24(26)31)7-11-20-17-21(12-8-19-10-14-25(32)27(16-19)36-2)29(28-20)22-5-3-4-6-23(22)30(33)34/h3-6,9-10,12-16,31-32H,7-8,11,17H2,1-2H3. The molecule has 0 saturated carbocycles. The third kappa shape index (κ3) is 5.41. The molecular weight excluding hydrogens is 462 g/mol. The Hall–Kier alpha value is -4.53. The van der Waals surface area contributed by atoms with Crippen molar-refractivity contribution in [2.75, 3.05) is 19.2 Å². The van der Waals surface area contributed by atoms with Gasteiger partial charge in [0.15, 0.2) is 23.0 Å². The van der Waals surface area contributed by atoms with Crippen molar-refractivity contribution >= 4 is 17.1 Å². The summed E-state index contributed by atoms with van der Waals surface area (Å²) in [6, 6.07) is 16.9. The highest BCUT2D eigenvalue weighted by atomic mass is 16.6. The average Bonchev–Trinajstić information content (AvgIpc) is 3.30. The van der Waals surface area contributed by atoms with Gasteiger partial charge in [0.25, 0.3) is 5.69 Å². The summed E-state index contributed by atoms with van der Waals surface area (Å²) < 4.78 is 10.4. The Morgan fingerprint density at radius 1 is 0.972 bits per heavy atom. The average molecular weight is 490 g/mol. The van der Waals surface area contributed by atoms with Crippen LogP contribution >= 0.6 is 0 Å². The van der Waals surface area contributed by atoms with Gasteiger partial charge in [-0.1, -0.05) is 30.3 Å². The fraction of sp³-hybridized carbons (Fsp3) is 0.222. The predicted octanol–water partition coefficient (Wildman–Crippen LogP) is 5.35. The summed E-state index contributed by atoms with van der Waals surface area (Å²) in [5.74, 6) is 0.937. The number of nitro groups is 1. The molecule has 0 fully saturated rings. The van der Waals surface area contributed by atoms with E-state index in [1.807, 2.05) is 12.1 Å². The van der Waals surface area contributed by atoms with Crippen molar-refractivity contribution in [3.8, 4) is 23.0 Å². The Bertz CT molecular complexity index is 1330. The molecule has 0 unspecified atom stereocenters. The van der Waals surface area contributed by atoms with Crippen LogP contribution in [-0.2, 0) is 12.8 Å². The van der Waals surface area contributed by atoms with Gasteiger partial charge in [-0.25, -0.2) is 5.01 Å². The van der Waals surface area contributed by atoms with Crippen molar-refractivity contribution in [2.24, 2.45) is 5.10 Å². The largest absolute Gasteiger partial charge is 0.504 e. The minimum absolute atomic E-state index is 0.0250. The summed E-state index contributed by atoms with van der Waals surface area (Å²) in [5, 5.41) is 37.8. The Morgan fingerprint density at radius 2 is 1.61 bits per heavy atom. The minimum atomic E-state index is -0.409. The van der Waals surface area contributed by atoms with Crippen LogP contribution in [-0.4, -0.2) is 35.1 Å². The number of para-hydroxylation sites is 2. The number of anilines is 1. The Kier molecular flexibility index (Phi) is 7.39. The Labute approximate surface area is 208 Å². The molecule has 2 N–H and O–H groups in total. The zero-order chi connectivity index (χ0) is 25.7. The number of hydrogen-bond acceptors (Lipinski definition) is 8. The molecule has 36 heavy (non-hydrogen) atoms. The van der Waals surface area contributed by atoms with Crippen molar-refractivity contribution < 1.29 is 24.6 Å². The number of nitro benzene ring substituents is 1.